The fraction of sp³-hybridized carbons (Fsp3) is 0.222. The van der Waals surface area contributed by atoms with Crippen molar-refractivity contribution in [2.24, 2.45) is 0 Å². The van der Waals surface area contributed by atoms with Crippen LogP contribution in [0.4, 0.5) is 5.69 Å². The Bertz CT molecular complexity index is 479. The summed E-state index contributed by atoms with van der Waals surface area (Å²) < 4.78 is 23.9. The molecule has 0 aromatic heterocycles. The van der Waals surface area contributed by atoms with Crippen molar-refractivity contribution in [2.45, 2.75) is 0 Å². The third-order valence-corrected chi connectivity index (χ3v) is 3.59. The molecule has 7 heteroatoms. The van der Waals surface area contributed by atoms with E-state index < -0.39 is 21.7 Å². The lowest BCUT2D eigenvalue weighted by Gasteiger charge is -2.18. The molecule has 0 spiro atoms. The molecule has 0 unspecified atom stereocenters. The second-order valence-electron chi connectivity index (χ2n) is 3.13. The van der Waals surface area contributed by atoms with Gasteiger partial charge in [-0.1, -0.05) is 0 Å². The highest BCUT2D eigenvalue weighted by Crippen LogP contribution is 2.19. The van der Waals surface area contributed by atoms with Gasteiger partial charge in [-0.25, -0.2) is 8.42 Å². The van der Waals surface area contributed by atoms with Crippen molar-refractivity contribution in [1.82, 2.24) is 0 Å². The SMILES string of the molecule is CN(c1ccc(O)cc1)S(=O)(=O)CC(=O)O. The molecule has 1 rings (SSSR count). The zero-order chi connectivity index (χ0) is 12.3. The lowest BCUT2D eigenvalue weighted by Crippen LogP contribution is -2.32. The molecule has 0 atom stereocenters. The van der Waals surface area contributed by atoms with E-state index in [1.165, 1.54) is 31.3 Å². The van der Waals surface area contributed by atoms with Crippen LogP contribution in [0.3, 0.4) is 0 Å². The van der Waals surface area contributed by atoms with Crippen LogP contribution in [0, 0.1) is 0 Å². The highest BCUT2D eigenvalue weighted by Gasteiger charge is 2.21. The molecule has 6 nitrogen and oxygen atoms in total. The quantitative estimate of drug-likeness (QED) is 0.792. The Morgan fingerprint density at radius 2 is 1.81 bits per heavy atom. The summed E-state index contributed by atoms with van der Waals surface area (Å²) in [6.45, 7) is 0. The van der Waals surface area contributed by atoms with Gasteiger partial charge in [0.2, 0.25) is 10.0 Å². The maximum atomic E-state index is 11.5. The van der Waals surface area contributed by atoms with Gasteiger partial charge in [-0.05, 0) is 24.3 Å². The topological polar surface area (TPSA) is 94.9 Å². The Morgan fingerprint density at radius 1 is 1.31 bits per heavy atom. The fourth-order valence-corrected chi connectivity index (χ4v) is 2.02. The van der Waals surface area contributed by atoms with Crippen LogP contribution in [0.15, 0.2) is 24.3 Å². The molecule has 16 heavy (non-hydrogen) atoms. The number of rotatable bonds is 4. The number of nitrogens with zero attached hydrogens (tertiary/aromatic N) is 1. The van der Waals surface area contributed by atoms with Gasteiger partial charge in [0.25, 0.3) is 0 Å². The Morgan fingerprint density at radius 3 is 2.25 bits per heavy atom. The molecule has 0 aliphatic rings. The van der Waals surface area contributed by atoms with Crippen LogP contribution < -0.4 is 4.31 Å². The molecule has 88 valence electrons. The molecule has 2 N–H and O–H groups in total. The van der Waals surface area contributed by atoms with Gasteiger partial charge in [-0.2, -0.15) is 0 Å². The molecule has 0 saturated heterocycles. The molecule has 0 aliphatic heterocycles. The Labute approximate surface area is 92.8 Å². The number of aliphatic carboxylic acids is 1. The van der Waals surface area contributed by atoms with Gasteiger partial charge in [0.1, 0.15) is 5.75 Å². The number of aromatic hydroxyl groups is 1. The Hall–Kier alpha value is -1.76. The normalized spacial score (nSPS) is 11.1. The number of hydrogen-bond acceptors (Lipinski definition) is 4. The van der Waals surface area contributed by atoms with Crippen molar-refractivity contribution >= 4 is 21.7 Å². The van der Waals surface area contributed by atoms with Crippen LogP contribution in [0.5, 0.6) is 5.75 Å². The van der Waals surface area contributed by atoms with Gasteiger partial charge in [0.05, 0.1) is 5.69 Å². The van der Waals surface area contributed by atoms with E-state index in [9.17, 15) is 13.2 Å². The predicted octanol–water partition coefficient (Wildman–Crippen LogP) is 0.243. The average Bonchev–Trinajstić information content (AvgIpc) is 2.16. The average molecular weight is 245 g/mol. The van der Waals surface area contributed by atoms with E-state index in [0.717, 1.165) is 4.31 Å². The van der Waals surface area contributed by atoms with E-state index in [4.69, 9.17) is 10.2 Å². The second kappa shape index (κ2) is 4.40. The lowest BCUT2D eigenvalue weighted by molar-refractivity contribution is -0.134. The van der Waals surface area contributed by atoms with Crippen molar-refractivity contribution in [2.75, 3.05) is 17.1 Å². The molecule has 0 radical (unpaired) electrons. The van der Waals surface area contributed by atoms with Crippen LogP contribution in [0.1, 0.15) is 0 Å². The standard InChI is InChI=1S/C9H11NO5S/c1-10(16(14,15)6-9(12)13)7-2-4-8(11)5-3-7/h2-5,11H,6H2,1H3,(H,12,13). The predicted molar refractivity (Wildman–Crippen MR) is 57.9 cm³/mol. The van der Waals surface area contributed by atoms with Crippen LogP contribution in [-0.2, 0) is 14.8 Å². The first-order valence-electron chi connectivity index (χ1n) is 4.30. The first-order valence-corrected chi connectivity index (χ1v) is 5.91. The number of anilines is 1. The van der Waals surface area contributed by atoms with E-state index >= 15 is 0 Å². The molecular formula is C9H11NO5S. The highest BCUT2D eigenvalue weighted by atomic mass is 32.2. The molecule has 0 amide bonds. The fourth-order valence-electron chi connectivity index (χ4n) is 1.08. The third-order valence-electron chi connectivity index (χ3n) is 1.94. The summed E-state index contributed by atoms with van der Waals surface area (Å²) in [6.07, 6.45) is 0. The summed E-state index contributed by atoms with van der Waals surface area (Å²) in [6, 6.07) is 5.41. The van der Waals surface area contributed by atoms with Gasteiger partial charge in [-0.15, -0.1) is 0 Å². The van der Waals surface area contributed by atoms with Gasteiger partial charge in [0.15, 0.2) is 5.75 Å². The van der Waals surface area contributed by atoms with E-state index in [1.807, 2.05) is 0 Å². The third kappa shape index (κ3) is 2.86. The number of benzene rings is 1. The van der Waals surface area contributed by atoms with Gasteiger partial charge in [0, 0.05) is 7.05 Å². The number of phenols is 1. The van der Waals surface area contributed by atoms with Crippen LogP contribution in [0.2, 0.25) is 0 Å². The van der Waals surface area contributed by atoms with E-state index in [-0.39, 0.29) is 5.75 Å². The second-order valence-corrected chi connectivity index (χ2v) is 5.13. The summed E-state index contributed by atoms with van der Waals surface area (Å²) >= 11 is 0. The molecular weight excluding hydrogens is 234 g/mol. The molecule has 0 saturated carbocycles. The summed E-state index contributed by atoms with van der Waals surface area (Å²) in [5.74, 6) is -2.37. The summed E-state index contributed by atoms with van der Waals surface area (Å²) in [5.41, 5.74) is 0.291. The first-order chi connectivity index (χ1) is 7.33. The van der Waals surface area contributed by atoms with Crippen molar-refractivity contribution in [3.05, 3.63) is 24.3 Å². The van der Waals surface area contributed by atoms with Gasteiger partial charge in [-0.3, -0.25) is 9.10 Å². The van der Waals surface area contributed by atoms with E-state index in [2.05, 4.69) is 0 Å². The highest BCUT2D eigenvalue weighted by molar-refractivity contribution is 7.93. The smallest absolute Gasteiger partial charge is 0.320 e. The number of carboxylic acid groups (broad SMARTS) is 1. The van der Waals surface area contributed by atoms with Crippen molar-refractivity contribution in [1.29, 1.82) is 0 Å². The molecule has 0 heterocycles. The zero-order valence-corrected chi connectivity index (χ0v) is 9.31. The minimum atomic E-state index is -3.87. The molecule has 0 bridgehead atoms. The molecule has 1 aromatic carbocycles. The van der Waals surface area contributed by atoms with Crippen molar-refractivity contribution < 1.29 is 23.4 Å². The largest absolute Gasteiger partial charge is 0.508 e. The molecule has 1 aromatic rings. The number of hydrogen-bond donors (Lipinski definition) is 2. The summed E-state index contributed by atoms with van der Waals surface area (Å²) in [5, 5.41) is 17.5. The van der Waals surface area contributed by atoms with Crippen molar-refractivity contribution in [3.8, 4) is 5.75 Å². The number of phenolic OH excluding ortho intramolecular Hbond substituents is 1. The van der Waals surface area contributed by atoms with Gasteiger partial charge >= 0.3 is 5.97 Å². The van der Waals surface area contributed by atoms with Crippen LogP contribution >= 0.6 is 0 Å². The Balaban J connectivity index is 2.97. The monoisotopic (exact) mass is 245 g/mol. The zero-order valence-electron chi connectivity index (χ0n) is 8.49. The molecule has 0 fully saturated rings. The van der Waals surface area contributed by atoms with E-state index in [0.29, 0.717) is 5.69 Å². The van der Waals surface area contributed by atoms with Gasteiger partial charge < -0.3 is 10.2 Å². The first kappa shape index (κ1) is 12.3. The number of sulfonamides is 1. The Kier molecular flexibility index (Phi) is 3.38. The maximum absolute atomic E-state index is 11.5. The number of carbonyl (C=O) groups is 1. The lowest BCUT2D eigenvalue weighted by atomic mass is 10.3. The summed E-state index contributed by atoms with van der Waals surface area (Å²) in [7, 11) is -2.62. The van der Waals surface area contributed by atoms with Crippen LogP contribution in [0.25, 0.3) is 0 Å². The maximum Gasteiger partial charge on any atom is 0.320 e. The summed E-state index contributed by atoms with van der Waals surface area (Å²) in [4.78, 5) is 10.4. The minimum Gasteiger partial charge on any atom is -0.508 e. The minimum absolute atomic E-state index is 0.00721. The van der Waals surface area contributed by atoms with E-state index in [1.54, 1.807) is 0 Å². The van der Waals surface area contributed by atoms with Crippen LogP contribution in [-0.4, -0.2) is 37.4 Å². The van der Waals surface area contributed by atoms with Crippen molar-refractivity contribution in [3.63, 3.8) is 0 Å². The number of carboxylic acids is 1. The molecule has 0 aliphatic carbocycles.